The summed E-state index contributed by atoms with van der Waals surface area (Å²) in [5, 5.41) is 12.3. The summed E-state index contributed by atoms with van der Waals surface area (Å²) >= 11 is 3.75. The quantitative estimate of drug-likeness (QED) is 0.155. The molecule has 4 rings (SSSR count). The van der Waals surface area contributed by atoms with Gasteiger partial charge in [0.1, 0.15) is 36.1 Å². The molecule has 0 aromatic rings. The van der Waals surface area contributed by atoms with Crippen LogP contribution in [0.5, 0.6) is 0 Å². The molecule has 1 N–H and O–H groups in total. The highest BCUT2D eigenvalue weighted by Gasteiger charge is 2.57. The number of halogens is 1. The molecular weight excluding hydrogens is 890 g/mol. The van der Waals surface area contributed by atoms with E-state index in [9.17, 15) is 24.3 Å². The smallest absolute Gasteiger partial charge is 0.309 e. The van der Waals surface area contributed by atoms with Crippen LogP contribution in [0.1, 0.15) is 87.5 Å². The second-order valence-corrected chi connectivity index (χ2v) is 18.9. The molecule has 0 aromatic carbocycles. The topological polar surface area (TPSA) is 193 Å². The zero-order chi connectivity index (χ0) is 46.8. The van der Waals surface area contributed by atoms with Crippen LogP contribution in [0, 0.1) is 17.8 Å². The summed E-state index contributed by atoms with van der Waals surface area (Å²) in [6.07, 6.45) is -3.93. The number of rotatable bonds is 13. The molecule has 0 spiro atoms. The number of allylic oxidation sites excluding steroid dienone is 3. The molecule has 0 radical (unpaired) electrons. The third-order valence-electron chi connectivity index (χ3n) is 12.1. The first-order valence-electron chi connectivity index (χ1n) is 22.0. The summed E-state index contributed by atoms with van der Waals surface area (Å²) in [7, 11) is 6.53. The highest BCUT2D eigenvalue weighted by Crippen LogP contribution is 2.42. The second-order valence-electron chi connectivity index (χ2n) is 17.9. The molecule has 4 aliphatic heterocycles. The molecule has 3 saturated heterocycles. The number of hydrogen-bond donors (Lipinski definition) is 1. The molecule has 4 heterocycles. The van der Waals surface area contributed by atoms with Gasteiger partial charge in [-0.25, -0.2) is 0 Å². The Labute approximate surface area is 381 Å². The number of aliphatic hydroxyl groups excluding tert-OH is 1. The number of carbonyl (C=O) groups is 4. The molecule has 0 aromatic heterocycles. The van der Waals surface area contributed by atoms with Gasteiger partial charge in [0.25, 0.3) is 0 Å². The van der Waals surface area contributed by atoms with E-state index in [1.807, 2.05) is 20.8 Å². The molecule has 17 nitrogen and oxygen atoms in total. The Morgan fingerprint density at radius 3 is 2.21 bits per heavy atom. The van der Waals surface area contributed by atoms with E-state index in [0.717, 1.165) is 0 Å². The third kappa shape index (κ3) is 14.3. The molecule has 0 saturated carbocycles. The van der Waals surface area contributed by atoms with Crippen LogP contribution in [0.4, 0.5) is 0 Å². The zero-order valence-electron chi connectivity index (χ0n) is 39.0. The van der Waals surface area contributed by atoms with Gasteiger partial charge in [-0.05, 0) is 66.1 Å². The van der Waals surface area contributed by atoms with Crippen LogP contribution in [0.25, 0.3) is 0 Å². The van der Waals surface area contributed by atoms with E-state index >= 15 is 0 Å². The van der Waals surface area contributed by atoms with Gasteiger partial charge in [0.2, 0.25) is 0 Å². The van der Waals surface area contributed by atoms with Crippen molar-refractivity contribution in [3.8, 4) is 0 Å². The van der Waals surface area contributed by atoms with Crippen molar-refractivity contribution < 1.29 is 76.4 Å². The van der Waals surface area contributed by atoms with E-state index in [2.05, 4.69) is 15.9 Å². The Hall–Kier alpha value is -2.36. The average Bonchev–Trinajstić information content (AvgIpc) is 3.71. The number of cyclic esters (lactones) is 1. The predicted octanol–water partition coefficient (Wildman–Crippen LogP) is 4.42. The van der Waals surface area contributed by atoms with Gasteiger partial charge in [0.15, 0.2) is 30.8 Å². The molecule has 0 amide bonds. The van der Waals surface area contributed by atoms with Crippen LogP contribution in [-0.4, -0.2) is 166 Å². The number of esters is 3. The number of aliphatic hydroxyl groups is 1. The molecule has 6 unspecified atom stereocenters. The first-order valence-corrected chi connectivity index (χ1v) is 23.0. The summed E-state index contributed by atoms with van der Waals surface area (Å²) in [4.78, 5) is 53.7. The number of ketones is 1. The summed E-state index contributed by atoms with van der Waals surface area (Å²) in [6.45, 7) is 14.8. The Balaban J connectivity index is 1.71. The van der Waals surface area contributed by atoms with Crippen molar-refractivity contribution >= 4 is 39.6 Å². The van der Waals surface area contributed by atoms with Crippen LogP contribution in [0.3, 0.4) is 0 Å². The minimum atomic E-state index is -1.38. The van der Waals surface area contributed by atoms with Crippen LogP contribution in [0.2, 0.25) is 0 Å². The Morgan fingerprint density at radius 1 is 0.952 bits per heavy atom. The summed E-state index contributed by atoms with van der Waals surface area (Å²) in [6, 6.07) is -0.765. The van der Waals surface area contributed by atoms with Crippen molar-refractivity contribution in [2.24, 2.45) is 17.8 Å². The molecule has 63 heavy (non-hydrogen) atoms. The fraction of sp³-hybridized carbons (Fsp3) is 0.822. The van der Waals surface area contributed by atoms with Crippen molar-refractivity contribution in [2.45, 2.75) is 178 Å². The Bertz CT molecular complexity index is 1560. The maximum Gasteiger partial charge on any atom is 0.309 e. The van der Waals surface area contributed by atoms with Crippen LogP contribution in [0.15, 0.2) is 24.3 Å². The fourth-order valence-corrected chi connectivity index (χ4v) is 9.49. The average molecular weight is 963 g/mol. The maximum atomic E-state index is 13.6. The monoisotopic (exact) mass is 961 g/mol. The number of ether oxygens (including phenoxy) is 11. The number of nitrogens with zero attached hydrogens (tertiary/aromatic N) is 1. The third-order valence-corrected chi connectivity index (χ3v) is 13.4. The number of methoxy groups -OCH3 is 2. The van der Waals surface area contributed by atoms with Crippen molar-refractivity contribution in [1.82, 2.24) is 4.90 Å². The lowest BCUT2D eigenvalue weighted by Crippen LogP contribution is -2.68. The lowest BCUT2D eigenvalue weighted by Gasteiger charge is -2.52. The second kappa shape index (κ2) is 24.4. The maximum absolute atomic E-state index is 13.6. The van der Waals surface area contributed by atoms with Gasteiger partial charge >= 0.3 is 17.9 Å². The predicted molar refractivity (Wildman–Crippen MR) is 231 cm³/mol. The van der Waals surface area contributed by atoms with Crippen molar-refractivity contribution in [3.63, 3.8) is 0 Å². The number of carbonyl (C=O) groups excluding carboxylic acids is 4. The number of hydrogen-bond acceptors (Lipinski definition) is 17. The summed E-state index contributed by atoms with van der Waals surface area (Å²) in [5.74, 6) is -2.86. The van der Waals surface area contributed by atoms with Gasteiger partial charge in [0.05, 0.1) is 48.8 Å². The highest BCUT2D eigenvalue weighted by atomic mass is 79.9. The van der Waals surface area contributed by atoms with Crippen molar-refractivity contribution in [3.05, 3.63) is 24.3 Å². The summed E-state index contributed by atoms with van der Waals surface area (Å²) < 4.78 is 67.9. The SMILES string of the molecule is COC1C(OC(C)=O)CC(=O)OC(C)C/C=C\C=C\C(=O)C(C)CC(CC2OCCO2)C1O[C@@H]1O[C@H](C)[C@@H](O[C@@H]2O[C@@H](C)[C@H](OC(=O)CC(C)C)[C@](C)(OC)[C@H]2Br)[C@H](N(C)C)[C@H]1O. The van der Waals surface area contributed by atoms with Crippen LogP contribution in [-0.2, 0) is 71.3 Å². The molecule has 4 aliphatic rings. The molecule has 0 bridgehead atoms. The highest BCUT2D eigenvalue weighted by molar-refractivity contribution is 9.09. The van der Waals surface area contributed by atoms with E-state index < -0.39 is 114 Å². The molecule has 3 fully saturated rings. The number of alkyl halides is 1. The standard InChI is InChI=1S/C45H72BrNO16/c1-24(2)20-33(50)61-42-28(6)59-44(41(46)45(42,8)54-12)62-38-27(5)58-43(37(52)36(38)47(9)10)63-39-30(22-35-55-18-19-56-35)21-25(3)31(49)17-15-13-14-16-26(4)57-34(51)23-32(40(39)53-11)60-29(7)48/h13-15,17,24-28,30,32,35-44,52H,16,18-23H2,1-12H3/b14-13-,17-15+/t25?,26?,27-,28+,30?,32?,36-,37-,38-,39?,40?,41+,42+,43+,44+,45-/m1/s1. The van der Waals surface area contributed by atoms with E-state index in [-0.39, 0.29) is 43.4 Å². The van der Waals surface area contributed by atoms with Gasteiger partial charge in [-0.1, -0.05) is 54.9 Å². The van der Waals surface area contributed by atoms with Crippen molar-refractivity contribution in [2.75, 3.05) is 41.5 Å². The molecular formula is C45H72BrNO16. The van der Waals surface area contributed by atoms with Gasteiger partial charge < -0.3 is 62.1 Å². The first kappa shape index (κ1) is 53.3. The van der Waals surface area contributed by atoms with E-state index in [1.54, 1.807) is 64.9 Å². The van der Waals surface area contributed by atoms with Crippen molar-refractivity contribution in [1.29, 1.82) is 0 Å². The normalized spacial score (nSPS) is 40.1. The van der Waals surface area contributed by atoms with E-state index in [4.69, 9.17) is 52.1 Å². The minimum Gasteiger partial charge on any atom is -0.462 e. The van der Waals surface area contributed by atoms with E-state index in [1.165, 1.54) is 27.2 Å². The number of likely N-dealkylation sites (N-methyl/N-ethyl adjacent to an activating group) is 1. The Morgan fingerprint density at radius 2 is 1.60 bits per heavy atom. The zero-order valence-corrected chi connectivity index (χ0v) is 40.6. The van der Waals surface area contributed by atoms with Crippen LogP contribution < -0.4 is 0 Å². The summed E-state index contributed by atoms with van der Waals surface area (Å²) in [5.41, 5.74) is -1.08. The molecule has 18 heteroatoms. The van der Waals surface area contributed by atoms with Gasteiger partial charge in [-0.15, -0.1) is 0 Å². The molecule has 0 aliphatic carbocycles. The van der Waals surface area contributed by atoms with E-state index in [0.29, 0.717) is 19.6 Å². The fourth-order valence-electron chi connectivity index (χ4n) is 8.79. The van der Waals surface area contributed by atoms with Gasteiger partial charge in [0, 0.05) is 46.3 Å². The molecule has 16 atom stereocenters. The minimum absolute atomic E-state index is 0.0957. The molecule has 360 valence electrons. The lowest BCUT2D eigenvalue weighted by atomic mass is 9.82. The lowest BCUT2D eigenvalue weighted by molar-refractivity contribution is -0.343. The van der Waals surface area contributed by atoms with Gasteiger partial charge in [-0.2, -0.15) is 0 Å². The first-order chi connectivity index (χ1) is 29.7. The van der Waals surface area contributed by atoms with Gasteiger partial charge in [-0.3, -0.25) is 19.2 Å². The largest absolute Gasteiger partial charge is 0.462 e. The Kier molecular flexibility index (Phi) is 20.6. The van der Waals surface area contributed by atoms with Crippen LogP contribution >= 0.6 is 15.9 Å².